The number of ketones is 1. The lowest BCUT2D eigenvalue weighted by Crippen LogP contribution is -2.32. The number of halogens is 4. The fourth-order valence-corrected chi connectivity index (χ4v) is 4.81. The molecular formula is C25H18ClF3N4O2. The van der Waals surface area contributed by atoms with Gasteiger partial charge in [0.2, 0.25) is 5.78 Å². The van der Waals surface area contributed by atoms with E-state index in [9.17, 15) is 22.8 Å². The first-order chi connectivity index (χ1) is 16.7. The number of nitrogens with zero attached hydrogens (tertiary/aromatic N) is 4. The predicted octanol–water partition coefficient (Wildman–Crippen LogP) is 5.48. The number of aldehydes is 1. The van der Waals surface area contributed by atoms with E-state index in [0.717, 1.165) is 21.9 Å². The smallest absolute Gasteiger partial charge is 0.295 e. The Morgan fingerprint density at radius 3 is 2.66 bits per heavy atom. The molecule has 0 N–H and O–H groups in total. The van der Waals surface area contributed by atoms with E-state index in [1.54, 1.807) is 36.4 Å². The zero-order valence-electron chi connectivity index (χ0n) is 18.3. The number of rotatable bonds is 5. The van der Waals surface area contributed by atoms with Crippen molar-refractivity contribution in [1.29, 1.82) is 0 Å². The fraction of sp³-hybridized carbons (Fsp3) is 0.200. The Balaban J connectivity index is 1.68. The molecule has 4 aromatic rings. The van der Waals surface area contributed by atoms with Crippen molar-refractivity contribution in [3.63, 3.8) is 0 Å². The maximum atomic E-state index is 13.3. The number of benzene rings is 2. The zero-order valence-corrected chi connectivity index (χ0v) is 19.1. The number of carbonyl (C=O) groups excluding carboxylic acids is 2. The average Bonchev–Trinajstić information content (AvgIpc) is 3.48. The summed E-state index contributed by atoms with van der Waals surface area (Å²) in [5, 5.41) is 4.74. The Morgan fingerprint density at radius 1 is 1.17 bits per heavy atom. The van der Waals surface area contributed by atoms with Gasteiger partial charge in [-0.1, -0.05) is 48.0 Å². The Bertz CT molecular complexity index is 1470. The Hall–Kier alpha value is -3.56. The first kappa shape index (κ1) is 23.2. The van der Waals surface area contributed by atoms with Crippen molar-refractivity contribution in [3.05, 3.63) is 88.2 Å². The standard InChI is InChI=1S/C25H18ClF3N4O2/c1-14(32-12-16-5-2-3-7-17(16)23(32)20(35)13-34)18-11-15-6-4-8-19(26)22(15)30-24(18)33-10-9-21(31-33)25(27,28)29/h2-11,13-14,23H,12H2,1H3/t14-,23?/m0/s1. The Kier molecular flexibility index (Phi) is 5.69. The Morgan fingerprint density at radius 2 is 1.94 bits per heavy atom. The molecule has 35 heavy (non-hydrogen) atoms. The minimum absolute atomic E-state index is 0.154. The van der Waals surface area contributed by atoms with Gasteiger partial charge >= 0.3 is 6.18 Å². The van der Waals surface area contributed by atoms with Crippen LogP contribution in [0.4, 0.5) is 13.2 Å². The average molecular weight is 499 g/mol. The molecule has 1 aliphatic heterocycles. The van der Waals surface area contributed by atoms with Gasteiger partial charge < -0.3 is 0 Å². The number of hydrogen-bond acceptors (Lipinski definition) is 5. The number of pyridine rings is 1. The van der Waals surface area contributed by atoms with Crippen molar-refractivity contribution in [3.8, 4) is 5.82 Å². The second-order valence-electron chi connectivity index (χ2n) is 8.33. The minimum Gasteiger partial charge on any atom is -0.295 e. The number of aromatic nitrogens is 3. The van der Waals surface area contributed by atoms with Gasteiger partial charge in [0.05, 0.1) is 10.5 Å². The van der Waals surface area contributed by atoms with Crippen molar-refractivity contribution in [2.24, 2.45) is 0 Å². The summed E-state index contributed by atoms with van der Waals surface area (Å²) in [6.45, 7) is 2.20. The van der Waals surface area contributed by atoms with Gasteiger partial charge in [-0.3, -0.25) is 14.5 Å². The lowest BCUT2D eigenvalue weighted by Gasteiger charge is -2.30. The molecular weight excluding hydrogens is 481 g/mol. The normalized spacial score (nSPS) is 16.9. The van der Waals surface area contributed by atoms with Crippen molar-refractivity contribution in [2.45, 2.75) is 31.7 Å². The Labute approximate surface area is 202 Å². The van der Waals surface area contributed by atoms with E-state index in [1.165, 1.54) is 6.20 Å². The number of alkyl halides is 3. The van der Waals surface area contributed by atoms with Gasteiger partial charge in [-0.25, -0.2) is 9.67 Å². The molecule has 1 unspecified atom stereocenters. The number of Topliss-reactive ketones (excluding diaryl/α,β-unsaturated/α-hetero) is 1. The molecule has 0 saturated carbocycles. The van der Waals surface area contributed by atoms with Crippen molar-refractivity contribution < 1.29 is 22.8 Å². The van der Waals surface area contributed by atoms with Crippen LogP contribution < -0.4 is 0 Å². The molecule has 2 aromatic carbocycles. The third kappa shape index (κ3) is 4.00. The summed E-state index contributed by atoms with van der Waals surface area (Å²) >= 11 is 6.33. The van der Waals surface area contributed by atoms with Crippen LogP contribution in [0.15, 0.2) is 60.8 Å². The summed E-state index contributed by atoms with van der Waals surface area (Å²) in [5.74, 6) is -0.444. The topological polar surface area (TPSA) is 68.1 Å². The van der Waals surface area contributed by atoms with Gasteiger partial charge in [-0.2, -0.15) is 18.3 Å². The molecule has 6 nitrogen and oxygen atoms in total. The molecule has 3 heterocycles. The molecule has 2 atom stereocenters. The maximum Gasteiger partial charge on any atom is 0.435 e. The molecule has 0 bridgehead atoms. The second-order valence-corrected chi connectivity index (χ2v) is 8.73. The van der Waals surface area contributed by atoms with Gasteiger partial charge in [0.25, 0.3) is 0 Å². The summed E-state index contributed by atoms with van der Waals surface area (Å²) in [6, 6.07) is 13.9. The highest BCUT2D eigenvalue weighted by Gasteiger charge is 2.39. The summed E-state index contributed by atoms with van der Waals surface area (Å²) in [6.07, 6.45) is -3.13. The molecule has 1 aliphatic rings. The quantitative estimate of drug-likeness (QED) is 0.269. The van der Waals surface area contributed by atoms with E-state index in [0.29, 0.717) is 34.3 Å². The van der Waals surface area contributed by atoms with Gasteiger partial charge in [0.1, 0.15) is 6.04 Å². The van der Waals surface area contributed by atoms with Crippen LogP contribution in [-0.2, 0) is 22.3 Å². The summed E-state index contributed by atoms with van der Waals surface area (Å²) in [5.41, 5.74) is 1.52. The van der Waals surface area contributed by atoms with E-state index in [2.05, 4.69) is 10.1 Å². The summed E-state index contributed by atoms with van der Waals surface area (Å²) < 4.78 is 40.9. The number of fused-ring (bicyclic) bond motifs is 2. The van der Waals surface area contributed by atoms with Gasteiger partial charge in [0.15, 0.2) is 17.8 Å². The van der Waals surface area contributed by atoms with Crippen LogP contribution in [0.5, 0.6) is 0 Å². The largest absolute Gasteiger partial charge is 0.435 e. The molecule has 0 fully saturated rings. The van der Waals surface area contributed by atoms with Gasteiger partial charge in [-0.15, -0.1) is 0 Å². The van der Waals surface area contributed by atoms with Crippen LogP contribution in [0.3, 0.4) is 0 Å². The van der Waals surface area contributed by atoms with Crippen molar-refractivity contribution >= 4 is 34.6 Å². The monoisotopic (exact) mass is 498 g/mol. The molecule has 10 heteroatoms. The summed E-state index contributed by atoms with van der Waals surface area (Å²) in [4.78, 5) is 30.6. The molecule has 2 aromatic heterocycles. The van der Waals surface area contributed by atoms with Gasteiger partial charge in [0, 0.05) is 29.7 Å². The highest BCUT2D eigenvalue weighted by atomic mass is 35.5. The highest BCUT2D eigenvalue weighted by molar-refractivity contribution is 6.35. The van der Waals surface area contributed by atoms with Crippen LogP contribution in [0, 0.1) is 0 Å². The molecule has 0 saturated heterocycles. The van der Waals surface area contributed by atoms with Crippen molar-refractivity contribution in [2.75, 3.05) is 0 Å². The minimum atomic E-state index is -4.62. The third-order valence-corrected chi connectivity index (χ3v) is 6.57. The van der Waals surface area contributed by atoms with Crippen LogP contribution in [0.2, 0.25) is 5.02 Å². The van der Waals surface area contributed by atoms with Crippen LogP contribution in [-0.4, -0.2) is 31.7 Å². The second kappa shape index (κ2) is 8.58. The summed E-state index contributed by atoms with van der Waals surface area (Å²) in [7, 11) is 0. The predicted molar refractivity (Wildman–Crippen MR) is 123 cm³/mol. The van der Waals surface area contributed by atoms with Crippen LogP contribution >= 0.6 is 11.6 Å². The van der Waals surface area contributed by atoms with E-state index in [1.807, 2.05) is 24.0 Å². The lowest BCUT2D eigenvalue weighted by atomic mass is 9.99. The number of carbonyl (C=O) groups is 2. The first-order valence-electron chi connectivity index (χ1n) is 10.7. The van der Waals surface area contributed by atoms with Crippen molar-refractivity contribution in [1.82, 2.24) is 19.7 Å². The van der Waals surface area contributed by atoms with E-state index in [4.69, 9.17) is 11.6 Å². The lowest BCUT2D eigenvalue weighted by molar-refractivity contribution is -0.141. The van der Waals surface area contributed by atoms with E-state index < -0.39 is 29.7 Å². The van der Waals surface area contributed by atoms with E-state index >= 15 is 0 Å². The molecule has 0 amide bonds. The van der Waals surface area contributed by atoms with Crippen LogP contribution in [0.1, 0.15) is 41.4 Å². The molecule has 0 radical (unpaired) electrons. The number of para-hydroxylation sites is 1. The third-order valence-electron chi connectivity index (χ3n) is 6.27. The fourth-order valence-electron chi connectivity index (χ4n) is 4.58. The SMILES string of the molecule is C[C@@H](c1cc2cccc(Cl)c2nc1-n1ccc(C(F)(F)F)n1)N1Cc2ccccc2C1C(=O)C=O. The first-order valence-corrected chi connectivity index (χ1v) is 11.1. The molecule has 178 valence electrons. The van der Waals surface area contributed by atoms with Crippen LogP contribution in [0.25, 0.3) is 16.7 Å². The zero-order chi connectivity index (χ0) is 24.9. The molecule has 0 spiro atoms. The molecule has 5 rings (SSSR count). The highest BCUT2D eigenvalue weighted by Crippen LogP contribution is 2.42. The number of hydrogen-bond donors (Lipinski definition) is 0. The molecule has 0 aliphatic carbocycles. The maximum absolute atomic E-state index is 13.3. The van der Waals surface area contributed by atoms with E-state index in [-0.39, 0.29) is 5.82 Å². The van der Waals surface area contributed by atoms with Gasteiger partial charge in [-0.05, 0) is 36.2 Å².